The second-order valence-corrected chi connectivity index (χ2v) is 5.34. The summed E-state index contributed by atoms with van der Waals surface area (Å²) in [6.45, 7) is 0.756. The summed E-state index contributed by atoms with van der Waals surface area (Å²) in [5.41, 5.74) is 6.62. The van der Waals surface area contributed by atoms with Crippen LogP contribution in [0.3, 0.4) is 0 Å². The number of halogens is 1. The molecule has 0 aliphatic heterocycles. The fourth-order valence-corrected chi connectivity index (χ4v) is 2.69. The number of carbonyl (C=O) groups is 1. The Kier molecular flexibility index (Phi) is 4.61. The first-order chi connectivity index (χ1) is 8.66. The van der Waals surface area contributed by atoms with Crippen LogP contribution in [-0.2, 0) is 11.3 Å². The molecule has 0 aromatic heterocycles. The summed E-state index contributed by atoms with van der Waals surface area (Å²) in [4.78, 5) is 11.4. The fraction of sp³-hybridized carbons (Fsp3) is 0.500. The van der Waals surface area contributed by atoms with Gasteiger partial charge in [0.25, 0.3) is 0 Å². The number of carbonyl (C=O) groups excluding carboxylic acids is 1. The zero-order chi connectivity index (χ0) is 13.0. The van der Waals surface area contributed by atoms with Crippen LogP contribution in [0.4, 0.5) is 0 Å². The second kappa shape index (κ2) is 6.21. The molecule has 3 nitrogen and oxygen atoms in total. The summed E-state index contributed by atoms with van der Waals surface area (Å²) in [5.74, 6) is -0.200. The van der Waals surface area contributed by atoms with Crippen LogP contribution >= 0.6 is 11.6 Å². The zero-order valence-electron chi connectivity index (χ0n) is 10.4. The van der Waals surface area contributed by atoms with Crippen LogP contribution in [0.1, 0.15) is 31.2 Å². The van der Waals surface area contributed by atoms with Gasteiger partial charge in [-0.3, -0.25) is 4.79 Å². The normalized spacial score (nSPS) is 23.8. The molecule has 4 heteroatoms. The minimum atomic E-state index is -0.177. The average molecular weight is 267 g/mol. The van der Waals surface area contributed by atoms with Crippen molar-refractivity contribution in [3.8, 4) is 0 Å². The number of benzene rings is 1. The highest BCUT2D eigenvalue weighted by molar-refractivity contribution is 6.30. The molecule has 1 fully saturated rings. The van der Waals surface area contributed by atoms with Gasteiger partial charge in [0.15, 0.2) is 0 Å². The molecule has 0 saturated heterocycles. The van der Waals surface area contributed by atoms with Crippen molar-refractivity contribution in [2.75, 3.05) is 0 Å². The molecule has 2 rings (SSSR count). The number of rotatable bonds is 4. The molecule has 1 aromatic rings. The third kappa shape index (κ3) is 3.47. The smallest absolute Gasteiger partial charge is 0.222 e. The number of hydrogen-bond donors (Lipinski definition) is 2. The van der Waals surface area contributed by atoms with Gasteiger partial charge in [0.2, 0.25) is 5.91 Å². The maximum Gasteiger partial charge on any atom is 0.222 e. The summed E-state index contributed by atoms with van der Waals surface area (Å²) in [6.07, 6.45) is 4.21. The molecule has 1 amide bonds. The largest absolute Gasteiger partial charge is 0.369 e. The summed E-state index contributed by atoms with van der Waals surface area (Å²) < 4.78 is 0. The van der Waals surface area contributed by atoms with Crippen LogP contribution in [0.2, 0.25) is 5.02 Å². The van der Waals surface area contributed by atoms with Crippen LogP contribution < -0.4 is 11.1 Å². The van der Waals surface area contributed by atoms with Crippen LogP contribution in [0.25, 0.3) is 0 Å². The summed E-state index contributed by atoms with van der Waals surface area (Å²) in [7, 11) is 0. The van der Waals surface area contributed by atoms with Crippen molar-refractivity contribution in [2.45, 2.75) is 38.3 Å². The first-order valence-corrected chi connectivity index (χ1v) is 6.82. The van der Waals surface area contributed by atoms with Gasteiger partial charge in [0.1, 0.15) is 0 Å². The van der Waals surface area contributed by atoms with Crippen LogP contribution in [0.15, 0.2) is 24.3 Å². The molecule has 1 aliphatic rings. The van der Waals surface area contributed by atoms with E-state index in [1.54, 1.807) is 0 Å². The van der Waals surface area contributed by atoms with Crippen LogP contribution in [0.5, 0.6) is 0 Å². The van der Waals surface area contributed by atoms with Crippen molar-refractivity contribution in [1.82, 2.24) is 5.32 Å². The molecule has 1 saturated carbocycles. The number of nitrogens with one attached hydrogen (secondary N) is 1. The van der Waals surface area contributed by atoms with E-state index in [9.17, 15) is 4.79 Å². The fourth-order valence-electron chi connectivity index (χ4n) is 2.57. The second-order valence-electron chi connectivity index (χ2n) is 4.91. The minimum absolute atomic E-state index is 0.0222. The quantitative estimate of drug-likeness (QED) is 0.880. The molecule has 1 aromatic carbocycles. The zero-order valence-corrected chi connectivity index (χ0v) is 11.1. The lowest BCUT2D eigenvalue weighted by molar-refractivity contribution is -0.123. The van der Waals surface area contributed by atoms with E-state index < -0.39 is 0 Å². The predicted octanol–water partition coefficient (Wildman–Crippen LogP) is 2.47. The van der Waals surface area contributed by atoms with Gasteiger partial charge < -0.3 is 11.1 Å². The van der Waals surface area contributed by atoms with E-state index in [1.807, 2.05) is 24.3 Å². The molecular weight excluding hydrogens is 248 g/mol. The number of amides is 1. The molecule has 0 heterocycles. The third-order valence-electron chi connectivity index (χ3n) is 3.61. The Morgan fingerprint density at radius 1 is 1.28 bits per heavy atom. The monoisotopic (exact) mass is 266 g/mol. The molecule has 2 unspecified atom stereocenters. The Morgan fingerprint density at radius 2 is 1.94 bits per heavy atom. The lowest BCUT2D eigenvalue weighted by Gasteiger charge is -2.30. The van der Waals surface area contributed by atoms with Gasteiger partial charge in [0.05, 0.1) is 5.92 Å². The van der Waals surface area contributed by atoms with E-state index in [0.29, 0.717) is 0 Å². The first-order valence-electron chi connectivity index (χ1n) is 6.44. The van der Waals surface area contributed by atoms with Gasteiger partial charge in [0, 0.05) is 17.6 Å². The van der Waals surface area contributed by atoms with E-state index in [4.69, 9.17) is 17.3 Å². The van der Waals surface area contributed by atoms with Crippen molar-refractivity contribution >= 4 is 17.5 Å². The Bertz CT molecular complexity index is 405. The highest BCUT2D eigenvalue weighted by Crippen LogP contribution is 2.24. The highest BCUT2D eigenvalue weighted by atomic mass is 35.5. The molecule has 18 heavy (non-hydrogen) atoms. The van der Waals surface area contributed by atoms with E-state index in [2.05, 4.69) is 5.32 Å². The standard InChI is InChI=1S/C14H19ClN2O/c15-11-7-5-10(6-8-11)9-17-13-4-2-1-3-12(13)14(16)18/h5-8,12-13,17H,1-4,9H2,(H2,16,18). The summed E-state index contributed by atoms with van der Waals surface area (Å²) in [5, 5.41) is 4.19. The molecule has 2 atom stereocenters. The van der Waals surface area contributed by atoms with Gasteiger partial charge in [-0.2, -0.15) is 0 Å². The van der Waals surface area contributed by atoms with Crippen molar-refractivity contribution in [3.63, 3.8) is 0 Å². The SMILES string of the molecule is NC(=O)C1CCCCC1NCc1ccc(Cl)cc1. The number of primary amides is 1. The summed E-state index contributed by atoms with van der Waals surface area (Å²) in [6, 6.07) is 7.97. The van der Waals surface area contributed by atoms with Crippen molar-refractivity contribution < 1.29 is 4.79 Å². The van der Waals surface area contributed by atoms with Gasteiger partial charge in [-0.05, 0) is 30.5 Å². The lowest BCUT2D eigenvalue weighted by atomic mass is 9.84. The molecule has 0 radical (unpaired) electrons. The number of hydrogen-bond acceptors (Lipinski definition) is 2. The Hall–Kier alpha value is -1.06. The first kappa shape index (κ1) is 13.4. The van der Waals surface area contributed by atoms with Crippen molar-refractivity contribution in [2.24, 2.45) is 11.7 Å². The van der Waals surface area contributed by atoms with Gasteiger partial charge in [-0.15, -0.1) is 0 Å². The van der Waals surface area contributed by atoms with Crippen molar-refractivity contribution in [1.29, 1.82) is 0 Å². The Morgan fingerprint density at radius 3 is 2.61 bits per heavy atom. The molecule has 0 spiro atoms. The maximum absolute atomic E-state index is 11.4. The van der Waals surface area contributed by atoms with Crippen LogP contribution in [-0.4, -0.2) is 11.9 Å². The number of nitrogens with two attached hydrogens (primary N) is 1. The summed E-state index contributed by atoms with van der Waals surface area (Å²) >= 11 is 5.84. The van der Waals surface area contributed by atoms with Crippen LogP contribution in [0, 0.1) is 5.92 Å². The highest BCUT2D eigenvalue weighted by Gasteiger charge is 2.28. The molecule has 3 N–H and O–H groups in total. The van der Waals surface area contributed by atoms with Gasteiger partial charge in [-0.1, -0.05) is 36.6 Å². The lowest BCUT2D eigenvalue weighted by Crippen LogP contribution is -2.44. The molecular formula is C14H19ClN2O. The molecule has 0 bridgehead atoms. The van der Waals surface area contributed by atoms with E-state index >= 15 is 0 Å². The maximum atomic E-state index is 11.4. The predicted molar refractivity (Wildman–Crippen MR) is 73.2 cm³/mol. The topological polar surface area (TPSA) is 55.1 Å². The van der Waals surface area contributed by atoms with E-state index in [0.717, 1.165) is 30.8 Å². The van der Waals surface area contributed by atoms with Gasteiger partial charge >= 0.3 is 0 Å². The van der Waals surface area contributed by atoms with Crippen molar-refractivity contribution in [3.05, 3.63) is 34.9 Å². The average Bonchev–Trinajstić information content (AvgIpc) is 2.38. The van der Waals surface area contributed by atoms with Gasteiger partial charge in [-0.25, -0.2) is 0 Å². The molecule has 1 aliphatic carbocycles. The van der Waals surface area contributed by atoms with E-state index in [1.165, 1.54) is 12.0 Å². The Balaban J connectivity index is 1.91. The third-order valence-corrected chi connectivity index (χ3v) is 3.87. The molecule has 98 valence electrons. The van der Waals surface area contributed by atoms with E-state index in [-0.39, 0.29) is 17.9 Å². The Labute approximate surface area is 113 Å². The minimum Gasteiger partial charge on any atom is -0.369 e.